The summed E-state index contributed by atoms with van der Waals surface area (Å²) in [6, 6.07) is 4.68. The Morgan fingerprint density at radius 1 is 1.32 bits per heavy atom. The summed E-state index contributed by atoms with van der Waals surface area (Å²) in [4.78, 5) is 41.7. The lowest BCUT2D eigenvalue weighted by Crippen LogP contribution is -2.39. The smallest absolute Gasteiger partial charge is 0.408 e. The minimum atomic E-state index is -0.642. The molecule has 0 bridgehead atoms. The minimum absolute atomic E-state index is 0.174. The van der Waals surface area contributed by atoms with Gasteiger partial charge in [0.15, 0.2) is 0 Å². The Balaban J connectivity index is 2.00. The first-order valence-electron chi connectivity index (χ1n) is 10.5. The number of primary amides is 1. The second-order valence-corrected chi connectivity index (χ2v) is 9.35. The van der Waals surface area contributed by atoms with Crippen molar-refractivity contribution in [3.05, 3.63) is 39.4 Å². The number of carbonyl (C=O) groups excluding carboxylic acids is 2. The van der Waals surface area contributed by atoms with E-state index in [-0.39, 0.29) is 23.8 Å². The molecule has 1 saturated carbocycles. The number of halogens is 1. The Morgan fingerprint density at radius 3 is 2.65 bits per heavy atom. The van der Waals surface area contributed by atoms with E-state index in [4.69, 9.17) is 27.1 Å². The molecule has 1 fully saturated rings. The molecule has 168 valence electrons. The number of amides is 2. The number of rotatable bonds is 8. The van der Waals surface area contributed by atoms with Crippen molar-refractivity contribution in [2.24, 2.45) is 11.7 Å². The Kier molecular flexibility index (Phi) is 6.89. The third-order valence-corrected chi connectivity index (χ3v) is 5.38. The quantitative estimate of drug-likeness (QED) is 0.597. The van der Waals surface area contributed by atoms with Crippen molar-refractivity contribution in [1.82, 2.24) is 14.9 Å². The molecule has 0 spiro atoms. The van der Waals surface area contributed by atoms with Crippen LogP contribution >= 0.6 is 11.6 Å². The standard InChI is InChI=1S/C22H29ClN4O4/c1-22(2,3)31-21(30)26-18(13-10-11-13)19-25-15-8-6-7-14(23)17(15)20(29)27(19)12-5-4-9-16(24)28/h6-8,13,18H,4-5,9-12H2,1-3H3,(H2,24,28)(H,26,30)/t18-/m0/s1. The van der Waals surface area contributed by atoms with E-state index >= 15 is 0 Å². The molecule has 2 aromatic rings. The molecule has 0 radical (unpaired) electrons. The average molecular weight is 449 g/mol. The van der Waals surface area contributed by atoms with Gasteiger partial charge in [-0.3, -0.25) is 14.2 Å². The fourth-order valence-corrected chi connectivity index (χ4v) is 3.77. The van der Waals surface area contributed by atoms with Gasteiger partial charge in [0, 0.05) is 13.0 Å². The lowest BCUT2D eigenvalue weighted by molar-refractivity contribution is -0.118. The molecule has 2 amide bonds. The zero-order valence-electron chi connectivity index (χ0n) is 18.1. The third kappa shape index (κ3) is 5.97. The number of benzene rings is 1. The van der Waals surface area contributed by atoms with Crippen molar-refractivity contribution in [3.63, 3.8) is 0 Å². The van der Waals surface area contributed by atoms with Crippen LogP contribution in [-0.2, 0) is 16.1 Å². The number of alkyl carbamates (subject to hydrolysis) is 1. The number of hydrogen-bond acceptors (Lipinski definition) is 5. The maximum Gasteiger partial charge on any atom is 0.408 e. The lowest BCUT2D eigenvalue weighted by Gasteiger charge is -2.25. The molecule has 3 rings (SSSR count). The molecule has 8 nitrogen and oxygen atoms in total. The number of nitrogens with two attached hydrogens (primary N) is 1. The highest BCUT2D eigenvalue weighted by molar-refractivity contribution is 6.35. The van der Waals surface area contributed by atoms with Gasteiger partial charge < -0.3 is 15.8 Å². The van der Waals surface area contributed by atoms with Crippen LogP contribution in [0.3, 0.4) is 0 Å². The molecule has 0 saturated heterocycles. The van der Waals surface area contributed by atoms with Gasteiger partial charge in [0.25, 0.3) is 5.56 Å². The van der Waals surface area contributed by atoms with Crippen molar-refractivity contribution in [2.75, 3.05) is 0 Å². The van der Waals surface area contributed by atoms with Crippen LogP contribution in [0.1, 0.15) is 64.7 Å². The number of nitrogens with one attached hydrogen (secondary N) is 1. The number of aromatic nitrogens is 2. The SMILES string of the molecule is CC(C)(C)OC(=O)N[C@H](c1nc2cccc(Cl)c2c(=O)n1CCCCC(N)=O)C1CC1. The number of nitrogens with zero attached hydrogens (tertiary/aromatic N) is 2. The molecule has 3 N–H and O–H groups in total. The summed E-state index contributed by atoms with van der Waals surface area (Å²) < 4.78 is 7.00. The summed E-state index contributed by atoms with van der Waals surface area (Å²) in [6.07, 6.45) is 2.66. The van der Waals surface area contributed by atoms with Gasteiger partial charge in [-0.2, -0.15) is 0 Å². The largest absolute Gasteiger partial charge is 0.444 e. The van der Waals surface area contributed by atoms with Crippen LogP contribution in [0, 0.1) is 5.92 Å². The maximum absolute atomic E-state index is 13.4. The fraction of sp³-hybridized carbons (Fsp3) is 0.545. The average Bonchev–Trinajstić information content (AvgIpc) is 3.48. The summed E-state index contributed by atoms with van der Waals surface area (Å²) in [7, 11) is 0. The summed E-state index contributed by atoms with van der Waals surface area (Å²) >= 11 is 6.30. The number of fused-ring (bicyclic) bond motifs is 1. The van der Waals surface area contributed by atoms with Crippen molar-refractivity contribution < 1.29 is 14.3 Å². The van der Waals surface area contributed by atoms with Gasteiger partial charge in [0.1, 0.15) is 11.4 Å². The highest BCUT2D eigenvalue weighted by Crippen LogP contribution is 2.41. The monoisotopic (exact) mass is 448 g/mol. The molecule has 9 heteroatoms. The van der Waals surface area contributed by atoms with E-state index in [1.54, 1.807) is 43.5 Å². The number of unbranched alkanes of at least 4 members (excludes halogenated alkanes) is 1. The van der Waals surface area contributed by atoms with Gasteiger partial charge in [-0.1, -0.05) is 17.7 Å². The van der Waals surface area contributed by atoms with Crippen molar-refractivity contribution in [3.8, 4) is 0 Å². The van der Waals surface area contributed by atoms with Crippen molar-refractivity contribution in [2.45, 2.75) is 71.1 Å². The maximum atomic E-state index is 13.4. The van der Waals surface area contributed by atoms with Gasteiger partial charge in [-0.05, 0) is 64.5 Å². The Morgan fingerprint density at radius 2 is 2.03 bits per heavy atom. The molecule has 0 aliphatic heterocycles. The van der Waals surface area contributed by atoms with Gasteiger partial charge in [-0.15, -0.1) is 0 Å². The normalized spacial score (nSPS) is 15.0. The first-order valence-corrected chi connectivity index (χ1v) is 10.9. The van der Waals surface area contributed by atoms with Gasteiger partial charge in [0.2, 0.25) is 5.91 Å². The number of hydrogen-bond donors (Lipinski definition) is 2. The Labute approximate surface area is 186 Å². The fourth-order valence-electron chi connectivity index (χ4n) is 3.52. The van der Waals surface area contributed by atoms with E-state index in [1.165, 1.54) is 0 Å². The second kappa shape index (κ2) is 9.26. The first kappa shape index (κ1) is 23.1. The molecule has 1 heterocycles. The first-order chi connectivity index (χ1) is 14.6. The van der Waals surface area contributed by atoms with Crippen LogP contribution < -0.4 is 16.6 Å². The molecule has 0 unspecified atom stereocenters. The van der Waals surface area contributed by atoms with E-state index in [0.717, 1.165) is 12.8 Å². The van der Waals surface area contributed by atoms with Crippen LogP contribution in [0.5, 0.6) is 0 Å². The molecular weight excluding hydrogens is 420 g/mol. The van der Waals surface area contributed by atoms with Crippen molar-refractivity contribution >= 4 is 34.5 Å². The predicted molar refractivity (Wildman–Crippen MR) is 119 cm³/mol. The minimum Gasteiger partial charge on any atom is -0.444 e. The summed E-state index contributed by atoms with van der Waals surface area (Å²) in [6.45, 7) is 5.73. The van der Waals surface area contributed by atoms with E-state index in [9.17, 15) is 14.4 Å². The van der Waals surface area contributed by atoms with E-state index in [2.05, 4.69) is 5.32 Å². The zero-order valence-corrected chi connectivity index (χ0v) is 18.9. The molecule has 1 aliphatic rings. The van der Waals surface area contributed by atoms with Crippen LogP contribution in [0.25, 0.3) is 10.9 Å². The summed E-state index contributed by atoms with van der Waals surface area (Å²) in [5.74, 6) is 0.273. The lowest BCUT2D eigenvalue weighted by atomic mass is 10.1. The molecule has 1 atom stereocenters. The number of ether oxygens (including phenoxy) is 1. The van der Waals surface area contributed by atoms with Gasteiger partial charge >= 0.3 is 6.09 Å². The highest BCUT2D eigenvalue weighted by Gasteiger charge is 2.37. The van der Waals surface area contributed by atoms with Crippen LogP contribution in [0.2, 0.25) is 5.02 Å². The Hall–Kier alpha value is -2.61. The molecule has 1 aromatic carbocycles. The van der Waals surface area contributed by atoms with E-state index in [1.807, 2.05) is 0 Å². The molecule has 1 aliphatic carbocycles. The molecule has 31 heavy (non-hydrogen) atoms. The second-order valence-electron chi connectivity index (χ2n) is 8.95. The molecular formula is C22H29ClN4O4. The Bertz CT molecular complexity index is 1040. The van der Waals surface area contributed by atoms with Crippen molar-refractivity contribution in [1.29, 1.82) is 0 Å². The highest BCUT2D eigenvalue weighted by atomic mass is 35.5. The molecule has 1 aromatic heterocycles. The zero-order chi connectivity index (χ0) is 22.8. The van der Waals surface area contributed by atoms with E-state index < -0.39 is 17.7 Å². The third-order valence-electron chi connectivity index (χ3n) is 5.06. The van der Waals surface area contributed by atoms with Crippen LogP contribution in [0.4, 0.5) is 4.79 Å². The predicted octanol–water partition coefficient (Wildman–Crippen LogP) is 3.68. The number of carbonyl (C=O) groups is 2. The topological polar surface area (TPSA) is 116 Å². The summed E-state index contributed by atoms with van der Waals surface area (Å²) in [5, 5.41) is 3.59. The van der Waals surface area contributed by atoms with Gasteiger partial charge in [-0.25, -0.2) is 9.78 Å². The van der Waals surface area contributed by atoms with Crippen LogP contribution in [-0.4, -0.2) is 27.2 Å². The van der Waals surface area contributed by atoms with Gasteiger partial charge in [0.05, 0.1) is 22.0 Å². The van der Waals surface area contributed by atoms with E-state index in [0.29, 0.717) is 41.1 Å². The van der Waals surface area contributed by atoms with Crippen LogP contribution in [0.15, 0.2) is 23.0 Å². The summed E-state index contributed by atoms with van der Waals surface area (Å²) in [5.41, 5.74) is 4.81.